The van der Waals surface area contributed by atoms with Crippen LogP contribution in [0, 0.1) is 23.5 Å². The molecule has 146 valence electrons. The van der Waals surface area contributed by atoms with Gasteiger partial charge in [0.15, 0.2) is 11.6 Å². The average Bonchev–Trinajstić information content (AvgIpc) is 2.57. The van der Waals surface area contributed by atoms with Crippen molar-refractivity contribution in [2.24, 2.45) is 11.8 Å². The van der Waals surface area contributed by atoms with Crippen molar-refractivity contribution in [2.45, 2.75) is 64.7 Å². The van der Waals surface area contributed by atoms with Crippen LogP contribution in [0.4, 0.5) is 22.0 Å². The van der Waals surface area contributed by atoms with Crippen molar-refractivity contribution in [3.05, 3.63) is 41.5 Å². The van der Waals surface area contributed by atoms with E-state index in [1.807, 2.05) is 0 Å². The van der Waals surface area contributed by atoms with E-state index in [-0.39, 0.29) is 0 Å². The molecule has 0 aromatic heterocycles. The van der Waals surface area contributed by atoms with Crippen LogP contribution in [-0.4, -0.2) is 6.36 Å². The third kappa shape index (κ3) is 6.61. The van der Waals surface area contributed by atoms with Crippen LogP contribution < -0.4 is 4.74 Å². The maximum Gasteiger partial charge on any atom is 0.573 e. The number of allylic oxidation sites excluding steroid dienone is 2. The second kappa shape index (κ2) is 9.38. The molecule has 1 fully saturated rings. The highest BCUT2D eigenvalue weighted by Crippen LogP contribution is 2.34. The van der Waals surface area contributed by atoms with Crippen molar-refractivity contribution in [2.75, 3.05) is 0 Å². The first-order chi connectivity index (χ1) is 12.3. The second-order valence-electron chi connectivity index (χ2n) is 6.98. The molecule has 6 heteroatoms. The Hall–Kier alpha value is -1.59. The minimum absolute atomic E-state index is 0.363. The normalized spacial score (nSPS) is 21.3. The number of benzene rings is 1. The van der Waals surface area contributed by atoms with Gasteiger partial charge in [-0.05, 0) is 68.1 Å². The molecular weight excluding hydrogens is 351 g/mol. The summed E-state index contributed by atoms with van der Waals surface area (Å²) < 4.78 is 67.4. The lowest BCUT2D eigenvalue weighted by molar-refractivity contribution is -0.276. The number of rotatable bonds is 7. The first-order valence-corrected chi connectivity index (χ1v) is 9.17. The van der Waals surface area contributed by atoms with Crippen molar-refractivity contribution >= 4 is 0 Å². The molecule has 1 nitrogen and oxygen atoms in total. The van der Waals surface area contributed by atoms with Crippen LogP contribution in [0.5, 0.6) is 5.75 Å². The Bertz CT molecular complexity index is 578. The highest BCUT2D eigenvalue weighted by atomic mass is 19.4. The van der Waals surface area contributed by atoms with E-state index in [0.29, 0.717) is 23.8 Å². The van der Waals surface area contributed by atoms with Gasteiger partial charge in [-0.15, -0.1) is 13.2 Å². The molecule has 0 N–H and O–H groups in total. The first kappa shape index (κ1) is 20.7. The van der Waals surface area contributed by atoms with E-state index in [1.165, 1.54) is 0 Å². The third-order valence-electron chi connectivity index (χ3n) is 4.96. The molecule has 0 saturated heterocycles. The Morgan fingerprint density at radius 1 is 1.00 bits per heavy atom. The topological polar surface area (TPSA) is 9.23 Å². The summed E-state index contributed by atoms with van der Waals surface area (Å²) in [4.78, 5) is 0. The molecule has 2 rings (SSSR count). The maximum absolute atomic E-state index is 13.7. The van der Waals surface area contributed by atoms with Crippen LogP contribution in [0.15, 0.2) is 24.3 Å². The van der Waals surface area contributed by atoms with E-state index >= 15 is 0 Å². The molecule has 0 heterocycles. The maximum atomic E-state index is 13.7. The Kier molecular flexibility index (Phi) is 7.47. The van der Waals surface area contributed by atoms with Crippen molar-refractivity contribution in [3.8, 4) is 5.75 Å². The lowest BCUT2D eigenvalue weighted by Gasteiger charge is -2.28. The zero-order valence-corrected chi connectivity index (χ0v) is 14.9. The monoisotopic (exact) mass is 376 g/mol. The number of hydrogen-bond acceptors (Lipinski definition) is 1. The zero-order valence-electron chi connectivity index (χ0n) is 14.9. The molecule has 0 atom stereocenters. The summed E-state index contributed by atoms with van der Waals surface area (Å²) in [6, 6.07) is 1.87. The van der Waals surface area contributed by atoms with Crippen LogP contribution in [-0.2, 0) is 6.42 Å². The molecule has 0 bridgehead atoms. The molecule has 0 aliphatic heterocycles. The molecule has 1 aromatic rings. The fourth-order valence-electron chi connectivity index (χ4n) is 3.55. The summed E-state index contributed by atoms with van der Waals surface area (Å²) >= 11 is 0. The SMILES string of the molecule is CC/C=C/CC1CCC(CCc2cc(F)c(OC(F)(F)F)c(F)c2)CC1. The van der Waals surface area contributed by atoms with E-state index in [4.69, 9.17) is 0 Å². The van der Waals surface area contributed by atoms with Gasteiger partial charge in [-0.25, -0.2) is 8.78 Å². The van der Waals surface area contributed by atoms with Crippen LogP contribution in [0.1, 0.15) is 57.4 Å². The number of aryl methyl sites for hydroxylation is 1. The van der Waals surface area contributed by atoms with Gasteiger partial charge in [-0.3, -0.25) is 0 Å². The van der Waals surface area contributed by atoms with Crippen LogP contribution in [0.25, 0.3) is 0 Å². The summed E-state index contributed by atoms with van der Waals surface area (Å²) in [5.41, 5.74) is 0.363. The Labute approximate surface area is 151 Å². The minimum atomic E-state index is -5.12. The summed E-state index contributed by atoms with van der Waals surface area (Å²) in [5, 5.41) is 0. The van der Waals surface area contributed by atoms with Gasteiger partial charge in [0.2, 0.25) is 5.75 Å². The van der Waals surface area contributed by atoms with E-state index in [9.17, 15) is 22.0 Å². The molecule has 1 aliphatic carbocycles. The van der Waals surface area contributed by atoms with Gasteiger partial charge in [-0.2, -0.15) is 0 Å². The number of ether oxygens (including phenoxy) is 1. The molecular formula is C20H25F5O. The van der Waals surface area contributed by atoms with Gasteiger partial charge in [0.1, 0.15) is 0 Å². The molecule has 26 heavy (non-hydrogen) atoms. The highest BCUT2D eigenvalue weighted by molar-refractivity contribution is 5.31. The summed E-state index contributed by atoms with van der Waals surface area (Å²) in [6.45, 7) is 2.11. The third-order valence-corrected chi connectivity index (χ3v) is 4.96. The van der Waals surface area contributed by atoms with Gasteiger partial charge in [0, 0.05) is 0 Å². The van der Waals surface area contributed by atoms with Crippen LogP contribution >= 0.6 is 0 Å². The Morgan fingerprint density at radius 2 is 1.58 bits per heavy atom. The molecule has 0 radical (unpaired) electrons. The lowest BCUT2D eigenvalue weighted by Crippen LogP contribution is -2.19. The van der Waals surface area contributed by atoms with Crippen molar-refractivity contribution in [3.63, 3.8) is 0 Å². The van der Waals surface area contributed by atoms with Crippen molar-refractivity contribution < 1.29 is 26.7 Å². The largest absolute Gasteiger partial charge is 0.573 e. The molecule has 0 unspecified atom stereocenters. The predicted octanol–water partition coefficient (Wildman–Crippen LogP) is 6.96. The Morgan fingerprint density at radius 3 is 2.12 bits per heavy atom. The molecule has 1 saturated carbocycles. The fourth-order valence-corrected chi connectivity index (χ4v) is 3.55. The standard InChI is InChI=1S/C20H25F5O/c1-2-3-4-5-14-6-8-15(9-7-14)10-11-16-12-17(21)19(18(22)13-16)26-20(23,24)25/h3-4,12-15H,2,5-11H2,1H3/b4-3+. The number of hydrogen-bond donors (Lipinski definition) is 0. The van der Waals surface area contributed by atoms with Crippen LogP contribution in [0.3, 0.4) is 0 Å². The smallest absolute Gasteiger partial charge is 0.399 e. The summed E-state index contributed by atoms with van der Waals surface area (Å²) in [7, 11) is 0. The van der Waals surface area contributed by atoms with E-state index in [2.05, 4.69) is 23.8 Å². The van der Waals surface area contributed by atoms with Crippen LogP contribution in [0.2, 0.25) is 0 Å². The van der Waals surface area contributed by atoms with Crippen molar-refractivity contribution in [1.29, 1.82) is 0 Å². The van der Waals surface area contributed by atoms with Gasteiger partial charge in [0.25, 0.3) is 0 Å². The Balaban J connectivity index is 1.84. The van der Waals surface area contributed by atoms with Gasteiger partial charge in [-0.1, -0.05) is 31.9 Å². The highest BCUT2D eigenvalue weighted by Gasteiger charge is 2.34. The summed E-state index contributed by atoms with van der Waals surface area (Å²) in [6.07, 6.45) is 7.18. The average molecular weight is 376 g/mol. The second-order valence-corrected chi connectivity index (χ2v) is 6.98. The fraction of sp³-hybridized carbons (Fsp3) is 0.600. The van der Waals surface area contributed by atoms with Crippen molar-refractivity contribution in [1.82, 2.24) is 0 Å². The van der Waals surface area contributed by atoms with E-state index < -0.39 is 23.7 Å². The molecule has 0 amide bonds. The number of alkyl halides is 3. The van der Waals surface area contributed by atoms with Gasteiger partial charge >= 0.3 is 6.36 Å². The summed E-state index contributed by atoms with van der Waals surface area (Å²) in [5.74, 6) is -2.81. The molecule has 1 aromatic carbocycles. The minimum Gasteiger partial charge on any atom is -0.399 e. The quantitative estimate of drug-likeness (QED) is 0.369. The lowest BCUT2D eigenvalue weighted by atomic mass is 9.78. The van der Waals surface area contributed by atoms with E-state index in [0.717, 1.165) is 57.1 Å². The van der Waals surface area contributed by atoms with Gasteiger partial charge in [0.05, 0.1) is 0 Å². The number of halogens is 5. The first-order valence-electron chi connectivity index (χ1n) is 9.17. The van der Waals surface area contributed by atoms with Gasteiger partial charge < -0.3 is 4.74 Å². The zero-order chi connectivity index (χ0) is 19.2. The molecule has 1 aliphatic rings. The molecule has 0 spiro atoms. The predicted molar refractivity (Wildman–Crippen MR) is 90.9 cm³/mol. The van der Waals surface area contributed by atoms with E-state index in [1.54, 1.807) is 0 Å².